The zero-order chi connectivity index (χ0) is 17.6. The summed E-state index contributed by atoms with van der Waals surface area (Å²) in [6, 6.07) is 15.6. The van der Waals surface area contributed by atoms with Crippen molar-refractivity contribution in [1.82, 2.24) is 10.2 Å². The number of aliphatic hydroxyl groups excluding tert-OH is 1. The molecular formula is C20H24N2O3. The molecule has 1 saturated heterocycles. The van der Waals surface area contributed by atoms with E-state index in [1.807, 2.05) is 36.4 Å². The van der Waals surface area contributed by atoms with Crippen LogP contribution in [0.15, 0.2) is 48.5 Å². The number of rotatable bonds is 4. The lowest BCUT2D eigenvalue weighted by Crippen LogP contribution is -2.47. The molecule has 1 unspecified atom stereocenters. The second-order valence-corrected chi connectivity index (χ2v) is 6.30. The van der Waals surface area contributed by atoms with E-state index >= 15 is 0 Å². The Hall–Kier alpha value is -2.37. The average Bonchev–Trinajstić information content (AvgIpc) is 2.66. The van der Waals surface area contributed by atoms with Crippen molar-refractivity contribution in [1.29, 1.82) is 0 Å². The molecular weight excluding hydrogens is 316 g/mol. The second kappa shape index (κ2) is 8.14. The highest BCUT2D eigenvalue weighted by Gasteiger charge is 2.26. The van der Waals surface area contributed by atoms with Crippen molar-refractivity contribution in [3.05, 3.63) is 70.8 Å². The summed E-state index contributed by atoms with van der Waals surface area (Å²) in [6.07, 6.45) is -0.0848. The van der Waals surface area contributed by atoms with Crippen LogP contribution in [0.1, 0.15) is 28.4 Å². The Morgan fingerprint density at radius 2 is 2.04 bits per heavy atom. The van der Waals surface area contributed by atoms with Crippen LogP contribution in [-0.2, 0) is 17.9 Å². The summed E-state index contributed by atoms with van der Waals surface area (Å²) in [6.45, 7) is 4.18. The normalized spacial score (nSPS) is 17.4. The summed E-state index contributed by atoms with van der Waals surface area (Å²) in [7, 11) is 0. The molecule has 2 N–H and O–H groups in total. The highest BCUT2D eigenvalue weighted by atomic mass is 16.5. The molecule has 1 atom stereocenters. The van der Waals surface area contributed by atoms with Gasteiger partial charge in [0.1, 0.15) is 6.10 Å². The van der Waals surface area contributed by atoms with E-state index < -0.39 is 0 Å². The average molecular weight is 340 g/mol. The van der Waals surface area contributed by atoms with E-state index in [2.05, 4.69) is 24.4 Å². The topological polar surface area (TPSA) is 61.8 Å². The number of nitrogens with one attached hydrogen (secondary N) is 1. The van der Waals surface area contributed by atoms with Crippen molar-refractivity contribution in [2.45, 2.75) is 26.2 Å². The van der Waals surface area contributed by atoms with Crippen molar-refractivity contribution in [3.8, 4) is 0 Å². The summed E-state index contributed by atoms with van der Waals surface area (Å²) < 4.78 is 5.87. The molecule has 0 spiro atoms. The largest absolute Gasteiger partial charge is 0.392 e. The van der Waals surface area contributed by atoms with E-state index in [-0.39, 0.29) is 18.7 Å². The quantitative estimate of drug-likeness (QED) is 0.900. The lowest BCUT2D eigenvalue weighted by Gasteiger charge is -2.33. The Morgan fingerprint density at radius 3 is 2.84 bits per heavy atom. The highest BCUT2D eigenvalue weighted by molar-refractivity contribution is 5.74. The Labute approximate surface area is 148 Å². The van der Waals surface area contributed by atoms with Gasteiger partial charge in [-0.15, -0.1) is 0 Å². The van der Waals surface area contributed by atoms with Gasteiger partial charge in [0, 0.05) is 13.1 Å². The molecule has 5 nitrogen and oxygen atoms in total. The van der Waals surface area contributed by atoms with Crippen LogP contribution in [0.2, 0.25) is 0 Å². The van der Waals surface area contributed by atoms with E-state index in [4.69, 9.17) is 4.74 Å². The lowest BCUT2D eigenvalue weighted by molar-refractivity contribution is -0.0157. The predicted molar refractivity (Wildman–Crippen MR) is 96.0 cm³/mol. The molecule has 0 bridgehead atoms. The maximum Gasteiger partial charge on any atom is 0.317 e. The number of amides is 2. The fourth-order valence-corrected chi connectivity index (χ4v) is 3.10. The van der Waals surface area contributed by atoms with Crippen LogP contribution in [0.4, 0.5) is 4.79 Å². The molecule has 1 aliphatic heterocycles. The third kappa shape index (κ3) is 4.38. The Kier molecular flexibility index (Phi) is 5.68. The Bertz CT molecular complexity index is 732. The van der Waals surface area contributed by atoms with Crippen LogP contribution in [-0.4, -0.2) is 35.7 Å². The van der Waals surface area contributed by atoms with E-state index in [9.17, 15) is 9.90 Å². The molecule has 0 saturated carbocycles. The number of hydrogen-bond donors (Lipinski definition) is 2. The molecule has 3 rings (SSSR count). The van der Waals surface area contributed by atoms with E-state index in [0.717, 1.165) is 16.7 Å². The van der Waals surface area contributed by atoms with Crippen LogP contribution in [0.5, 0.6) is 0 Å². The molecule has 0 radical (unpaired) electrons. The molecule has 1 heterocycles. The number of benzene rings is 2. The second-order valence-electron chi connectivity index (χ2n) is 6.30. The number of carbonyl (C=O) groups excluding carboxylic acids is 1. The van der Waals surface area contributed by atoms with Crippen LogP contribution >= 0.6 is 0 Å². The smallest absolute Gasteiger partial charge is 0.317 e. The number of aryl methyl sites for hydroxylation is 1. The van der Waals surface area contributed by atoms with Crippen LogP contribution < -0.4 is 5.32 Å². The monoisotopic (exact) mass is 340 g/mol. The first-order chi connectivity index (χ1) is 12.2. The molecule has 1 aliphatic rings. The Morgan fingerprint density at radius 1 is 1.24 bits per heavy atom. The van der Waals surface area contributed by atoms with E-state index in [0.29, 0.717) is 26.2 Å². The van der Waals surface area contributed by atoms with Gasteiger partial charge in [0.15, 0.2) is 0 Å². The summed E-state index contributed by atoms with van der Waals surface area (Å²) in [4.78, 5) is 14.3. The third-order valence-electron chi connectivity index (χ3n) is 4.51. The summed E-state index contributed by atoms with van der Waals surface area (Å²) in [5.74, 6) is 0. The van der Waals surface area contributed by atoms with Crippen LogP contribution in [0.25, 0.3) is 0 Å². The number of nitrogens with zero attached hydrogens (tertiary/aromatic N) is 1. The zero-order valence-corrected chi connectivity index (χ0v) is 14.4. The number of urea groups is 1. The van der Waals surface area contributed by atoms with Gasteiger partial charge < -0.3 is 20.1 Å². The van der Waals surface area contributed by atoms with Gasteiger partial charge in [0.2, 0.25) is 0 Å². The maximum atomic E-state index is 12.5. The molecule has 2 aromatic rings. The minimum Gasteiger partial charge on any atom is -0.392 e. The summed E-state index contributed by atoms with van der Waals surface area (Å²) in [5.41, 5.74) is 4.13. The first-order valence-corrected chi connectivity index (χ1v) is 8.56. The van der Waals surface area contributed by atoms with Gasteiger partial charge >= 0.3 is 6.03 Å². The SMILES string of the molecule is Cc1ccccc1C1CN(C(=O)NCc2cccc(CO)c2)CCO1. The minimum atomic E-state index is -0.0868. The Balaban J connectivity index is 1.59. The maximum absolute atomic E-state index is 12.5. The zero-order valence-electron chi connectivity index (χ0n) is 14.4. The van der Waals surface area contributed by atoms with Gasteiger partial charge in [-0.2, -0.15) is 0 Å². The van der Waals surface area contributed by atoms with Gasteiger partial charge in [0.05, 0.1) is 19.8 Å². The summed E-state index contributed by atoms with van der Waals surface area (Å²) >= 11 is 0. The lowest BCUT2D eigenvalue weighted by atomic mass is 10.0. The number of hydrogen-bond acceptors (Lipinski definition) is 3. The fraction of sp³-hybridized carbons (Fsp3) is 0.350. The molecule has 25 heavy (non-hydrogen) atoms. The van der Waals surface area contributed by atoms with Crippen LogP contribution in [0, 0.1) is 6.92 Å². The molecule has 1 fully saturated rings. The molecule has 132 valence electrons. The van der Waals surface area contributed by atoms with Crippen molar-refractivity contribution >= 4 is 6.03 Å². The first-order valence-electron chi connectivity index (χ1n) is 8.56. The standard InChI is InChI=1S/C20H24N2O3/c1-15-5-2-3-8-18(15)19-13-22(9-10-25-19)20(24)21-12-16-6-4-7-17(11-16)14-23/h2-8,11,19,23H,9-10,12-14H2,1H3,(H,21,24). The minimum absolute atomic E-state index is 0.00333. The molecule has 2 aromatic carbocycles. The fourth-order valence-electron chi connectivity index (χ4n) is 3.10. The third-order valence-corrected chi connectivity index (χ3v) is 4.51. The predicted octanol–water partition coefficient (Wildman–Crippen LogP) is 2.77. The van der Waals surface area contributed by atoms with Crippen molar-refractivity contribution in [2.24, 2.45) is 0 Å². The van der Waals surface area contributed by atoms with E-state index in [1.54, 1.807) is 4.90 Å². The number of morpholine rings is 1. The molecule has 0 aliphatic carbocycles. The van der Waals surface area contributed by atoms with Crippen molar-refractivity contribution in [3.63, 3.8) is 0 Å². The number of carbonyl (C=O) groups is 1. The van der Waals surface area contributed by atoms with Gasteiger partial charge in [-0.3, -0.25) is 0 Å². The van der Waals surface area contributed by atoms with Gasteiger partial charge in [-0.25, -0.2) is 4.79 Å². The van der Waals surface area contributed by atoms with Gasteiger partial charge in [-0.1, -0.05) is 48.5 Å². The molecule has 0 aromatic heterocycles. The summed E-state index contributed by atoms with van der Waals surface area (Å²) in [5, 5.41) is 12.2. The number of aliphatic hydroxyl groups is 1. The van der Waals surface area contributed by atoms with Gasteiger partial charge in [0.25, 0.3) is 0 Å². The number of ether oxygens (including phenoxy) is 1. The molecule has 5 heteroatoms. The van der Waals surface area contributed by atoms with E-state index in [1.165, 1.54) is 5.56 Å². The highest BCUT2D eigenvalue weighted by Crippen LogP contribution is 2.24. The van der Waals surface area contributed by atoms with Gasteiger partial charge in [-0.05, 0) is 29.2 Å². The van der Waals surface area contributed by atoms with Crippen molar-refractivity contribution < 1.29 is 14.6 Å². The first kappa shape index (κ1) is 17.5. The van der Waals surface area contributed by atoms with Crippen molar-refractivity contribution in [2.75, 3.05) is 19.7 Å². The molecule has 2 amide bonds. The van der Waals surface area contributed by atoms with Crippen LogP contribution in [0.3, 0.4) is 0 Å².